The Labute approximate surface area is 158 Å². The Balaban J connectivity index is 2.60. The molecule has 0 bridgehead atoms. The van der Waals surface area contributed by atoms with Crippen LogP contribution in [0.25, 0.3) is 5.70 Å². The monoisotopic (exact) mass is 484 g/mol. The summed E-state index contributed by atoms with van der Waals surface area (Å²) in [5.41, 5.74) is 0.274. The molecular weight excluding hydrogens is 471 g/mol. The Bertz CT molecular complexity index is 836. The number of alkyl halides is 2. The van der Waals surface area contributed by atoms with E-state index >= 15 is 0 Å². The summed E-state index contributed by atoms with van der Waals surface area (Å²) in [6.07, 6.45) is 0. The molecular formula is C13H14ClIN4O4S. The maximum absolute atomic E-state index is 12.2. The second-order valence-electron chi connectivity index (χ2n) is 4.83. The highest BCUT2D eigenvalue weighted by molar-refractivity contribution is 14.1. The number of hydrogen-bond acceptors (Lipinski definition) is 7. The first-order valence-electron chi connectivity index (χ1n) is 6.73. The number of sulfonamides is 1. The summed E-state index contributed by atoms with van der Waals surface area (Å²) in [5.74, 6) is -0.676. The first kappa shape index (κ1) is 19.2. The van der Waals surface area contributed by atoms with Crippen LogP contribution < -0.4 is 0 Å². The number of pyridine rings is 1. The fraction of sp³-hybridized carbons (Fsp3) is 0.385. The van der Waals surface area contributed by atoms with Gasteiger partial charge in [0.15, 0.2) is 5.03 Å². The third kappa shape index (κ3) is 3.60. The third-order valence-corrected chi connectivity index (χ3v) is 5.74. The highest BCUT2D eigenvalue weighted by Gasteiger charge is 2.42. The number of ether oxygens (including phenoxy) is 1. The molecule has 1 aliphatic rings. The van der Waals surface area contributed by atoms with Crippen LogP contribution in [0.5, 0.6) is 0 Å². The molecule has 130 valence electrons. The predicted molar refractivity (Wildman–Crippen MR) is 96.1 cm³/mol. The maximum Gasteiger partial charge on any atom is 0.341 e. The normalized spacial score (nSPS) is 20.8. The van der Waals surface area contributed by atoms with Crippen molar-refractivity contribution >= 4 is 55.9 Å². The average molecular weight is 485 g/mol. The molecule has 1 aromatic rings. The quantitative estimate of drug-likeness (QED) is 0.276. The second-order valence-corrected chi connectivity index (χ2v) is 9.68. The summed E-state index contributed by atoms with van der Waals surface area (Å²) >= 11 is 7.95. The van der Waals surface area contributed by atoms with E-state index in [1.807, 2.05) is 0 Å². The Morgan fingerprint density at radius 2 is 2.08 bits per heavy atom. The van der Waals surface area contributed by atoms with E-state index < -0.39 is 19.0 Å². The molecule has 1 atom stereocenters. The highest BCUT2D eigenvalue weighted by Crippen LogP contribution is 2.45. The van der Waals surface area contributed by atoms with Crippen LogP contribution in [0.1, 0.15) is 12.6 Å². The van der Waals surface area contributed by atoms with Crippen molar-refractivity contribution in [1.82, 2.24) is 9.29 Å². The van der Waals surface area contributed by atoms with Gasteiger partial charge in [-0.1, -0.05) is 17.7 Å². The fourth-order valence-electron chi connectivity index (χ4n) is 1.83. The molecule has 2 rings (SSSR count). The van der Waals surface area contributed by atoms with Crippen LogP contribution in [-0.2, 0) is 19.6 Å². The summed E-state index contributed by atoms with van der Waals surface area (Å²) in [4.78, 5) is 16.3. The van der Waals surface area contributed by atoms with Gasteiger partial charge in [0.2, 0.25) is 3.00 Å². The maximum atomic E-state index is 12.2. The van der Waals surface area contributed by atoms with Gasteiger partial charge in [-0.05, 0) is 41.6 Å². The number of esters is 1. The van der Waals surface area contributed by atoms with Crippen molar-refractivity contribution in [2.45, 2.75) is 15.0 Å². The fourth-order valence-corrected chi connectivity index (χ4v) is 3.46. The van der Waals surface area contributed by atoms with Gasteiger partial charge < -0.3 is 4.74 Å². The Morgan fingerprint density at radius 1 is 1.42 bits per heavy atom. The molecule has 2 heterocycles. The number of nitrogens with zero attached hydrogens (tertiary/aromatic N) is 4. The number of aromatic nitrogens is 1. The molecule has 0 aromatic carbocycles. The van der Waals surface area contributed by atoms with Crippen LogP contribution in [0, 0.1) is 0 Å². The summed E-state index contributed by atoms with van der Waals surface area (Å²) in [6.45, 7) is 1.81. The minimum atomic E-state index is -3.73. The molecule has 1 unspecified atom stereocenters. The largest absolute Gasteiger partial charge is 0.462 e. The van der Waals surface area contributed by atoms with Gasteiger partial charge in [0.1, 0.15) is 11.3 Å². The van der Waals surface area contributed by atoms with Crippen molar-refractivity contribution < 1.29 is 17.9 Å². The molecule has 0 spiro atoms. The molecule has 0 fully saturated rings. The second kappa shape index (κ2) is 7.02. The molecule has 0 aliphatic carbocycles. The summed E-state index contributed by atoms with van der Waals surface area (Å²) < 4.78 is 29.0. The standard InChI is InChI=1S/C13H14ClIN4O4S/c1-4-23-12(20)10-11(17-18-13(10,14)15)8-6-5-7-9(16-8)24(21,22)19(2)3/h5-7H,4H2,1-3H3. The van der Waals surface area contributed by atoms with E-state index in [9.17, 15) is 13.2 Å². The van der Waals surface area contributed by atoms with Crippen molar-refractivity contribution in [1.29, 1.82) is 0 Å². The van der Waals surface area contributed by atoms with Crippen LogP contribution in [-0.4, -0.2) is 47.4 Å². The van der Waals surface area contributed by atoms with Crippen LogP contribution in [0.4, 0.5) is 0 Å². The van der Waals surface area contributed by atoms with Crippen LogP contribution >= 0.6 is 34.2 Å². The molecule has 11 heteroatoms. The van der Waals surface area contributed by atoms with Gasteiger partial charge in [0.25, 0.3) is 10.0 Å². The van der Waals surface area contributed by atoms with Gasteiger partial charge in [0.05, 0.1) is 12.3 Å². The lowest BCUT2D eigenvalue weighted by Crippen LogP contribution is -2.23. The lowest BCUT2D eigenvalue weighted by molar-refractivity contribution is -0.138. The minimum absolute atomic E-state index is 0.0125. The Morgan fingerprint density at radius 3 is 2.67 bits per heavy atom. The number of halogens is 2. The topological polar surface area (TPSA) is 101 Å². The lowest BCUT2D eigenvalue weighted by atomic mass is 10.1. The van der Waals surface area contributed by atoms with Gasteiger partial charge in [-0.2, -0.15) is 0 Å². The van der Waals surface area contributed by atoms with Gasteiger partial charge in [-0.3, -0.25) is 0 Å². The van der Waals surface area contributed by atoms with E-state index in [4.69, 9.17) is 16.3 Å². The van der Waals surface area contributed by atoms with Gasteiger partial charge >= 0.3 is 5.97 Å². The van der Waals surface area contributed by atoms with Crippen molar-refractivity contribution in [2.75, 3.05) is 20.7 Å². The average Bonchev–Trinajstić information content (AvgIpc) is 2.83. The molecule has 0 N–H and O–H groups in total. The first-order valence-corrected chi connectivity index (χ1v) is 9.63. The molecule has 1 aromatic heterocycles. The molecule has 0 saturated heterocycles. The van der Waals surface area contributed by atoms with Crippen LogP contribution in [0.15, 0.2) is 39.0 Å². The van der Waals surface area contributed by atoms with E-state index in [1.54, 1.807) is 29.5 Å². The Kier molecular flexibility index (Phi) is 5.62. The molecule has 0 radical (unpaired) electrons. The van der Waals surface area contributed by atoms with Crippen LogP contribution in [0.2, 0.25) is 0 Å². The number of carbonyl (C=O) groups is 1. The number of azo groups is 1. The van der Waals surface area contributed by atoms with Crippen LogP contribution in [0.3, 0.4) is 0 Å². The van der Waals surface area contributed by atoms with E-state index in [0.29, 0.717) is 0 Å². The molecule has 24 heavy (non-hydrogen) atoms. The molecule has 0 saturated carbocycles. The smallest absolute Gasteiger partial charge is 0.341 e. The van der Waals surface area contributed by atoms with Crippen molar-refractivity contribution in [3.05, 3.63) is 29.5 Å². The van der Waals surface area contributed by atoms with E-state index in [1.165, 1.54) is 32.3 Å². The zero-order chi connectivity index (χ0) is 18.1. The zero-order valence-corrected chi connectivity index (χ0v) is 16.8. The van der Waals surface area contributed by atoms with Crippen molar-refractivity contribution in [2.24, 2.45) is 10.2 Å². The number of rotatable bonds is 5. The first-order chi connectivity index (χ1) is 11.1. The van der Waals surface area contributed by atoms with Gasteiger partial charge in [-0.25, -0.2) is 22.5 Å². The molecule has 0 amide bonds. The van der Waals surface area contributed by atoms with Crippen molar-refractivity contribution in [3.63, 3.8) is 0 Å². The van der Waals surface area contributed by atoms with Gasteiger partial charge in [-0.15, -0.1) is 10.2 Å². The number of carbonyl (C=O) groups excluding carboxylic acids is 1. The Hall–Kier alpha value is -1.11. The van der Waals surface area contributed by atoms with Gasteiger partial charge in [0, 0.05) is 14.1 Å². The number of hydrogen-bond donors (Lipinski definition) is 0. The third-order valence-electron chi connectivity index (χ3n) is 3.00. The summed E-state index contributed by atoms with van der Waals surface area (Å²) in [7, 11) is -0.930. The van der Waals surface area contributed by atoms with Crippen molar-refractivity contribution in [3.8, 4) is 0 Å². The predicted octanol–water partition coefficient (Wildman–Crippen LogP) is 2.40. The van der Waals surface area contributed by atoms with E-state index in [2.05, 4.69) is 15.2 Å². The summed E-state index contributed by atoms with van der Waals surface area (Å²) in [6, 6.07) is 4.39. The SMILES string of the molecule is CCOC(=O)C1=C(c2cccc(S(=O)(=O)N(C)C)n2)N=NC1(Cl)I. The highest BCUT2D eigenvalue weighted by atomic mass is 127. The molecule has 1 aliphatic heterocycles. The summed E-state index contributed by atoms with van der Waals surface area (Å²) in [5, 5.41) is 7.57. The zero-order valence-electron chi connectivity index (χ0n) is 13.0. The van der Waals surface area contributed by atoms with E-state index in [0.717, 1.165) is 4.31 Å². The lowest BCUT2D eigenvalue weighted by Gasteiger charge is -2.13. The minimum Gasteiger partial charge on any atom is -0.462 e. The van der Waals surface area contributed by atoms with E-state index in [-0.39, 0.29) is 28.6 Å². The molecule has 8 nitrogen and oxygen atoms in total.